The van der Waals surface area contributed by atoms with Crippen molar-refractivity contribution in [3.05, 3.63) is 119 Å². The third-order valence-electron chi connectivity index (χ3n) is 7.33. The van der Waals surface area contributed by atoms with E-state index in [2.05, 4.69) is 15.5 Å². The second-order valence-electron chi connectivity index (χ2n) is 10.2. The molecule has 0 radical (unpaired) electrons. The number of carbonyl (C=O) groups is 2. The van der Waals surface area contributed by atoms with Gasteiger partial charge in [-0.2, -0.15) is 5.10 Å². The molecule has 2 amide bonds. The number of methoxy groups -OCH3 is 2. The Morgan fingerprint density at radius 3 is 2.39 bits per heavy atom. The van der Waals surface area contributed by atoms with Gasteiger partial charge < -0.3 is 19.2 Å². The van der Waals surface area contributed by atoms with Crippen LogP contribution in [-0.4, -0.2) is 57.3 Å². The molecule has 0 bridgehead atoms. The number of amides is 2. The first-order valence-electron chi connectivity index (χ1n) is 14.3. The number of nitrogens with zero attached hydrogens (tertiary/aromatic N) is 5. The number of benzene rings is 3. The molecule has 6 rings (SSSR count). The lowest BCUT2D eigenvalue weighted by atomic mass is 9.98. The number of hydrogen-bond acceptors (Lipinski definition) is 9. The van der Waals surface area contributed by atoms with Crippen molar-refractivity contribution in [3.8, 4) is 17.2 Å². The first kappa shape index (κ1) is 30.9. The molecule has 13 heteroatoms. The third-order valence-corrected chi connectivity index (χ3v) is 8.48. The number of nitrogens with one attached hydrogen (secondary N) is 1. The standard InChI is InChI=1S/C33H29ClN6O5S/c1-43-25-12-8-21(9-13-25)27-18-28(22-10-14-26(44-2)15-11-22)40(38-27)31(41)20-46-33-37-36-30(19-35-32(42)29-7-4-16-45-29)39(33)24-6-3-5-23(34)17-24/h3-17,28H,18-20H2,1-2H3,(H,35,42)/t28-/m0/s1. The van der Waals surface area contributed by atoms with Crippen LogP contribution in [0.25, 0.3) is 5.69 Å². The van der Waals surface area contributed by atoms with Crippen molar-refractivity contribution in [2.24, 2.45) is 5.10 Å². The van der Waals surface area contributed by atoms with Crippen LogP contribution in [0.3, 0.4) is 0 Å². The lowest BCUT2D eigenvalue weighted by Crippen LogP contribution is -2.28. The molecule has 46 heavy (non-hydrogen) atoms. The van der Waals surface area contributed by atoms with Crippen molar-refractivity contribution < 1.29 is 23.5 Å². The van der Waals surface area contributed by atoms with Crippen LogP contribution in [0.1, 0.15) is 40.0 Å². The highest BCUT2D eigenvalue weighted by Crippen LogP contribution is 2.35. The zero-order valence-electron chi connectivity index (χ0n) is 24.9. The summed E-state index contributed by atoms with van der Waals surface area (Å²) >= 11 is 7.53. The molecule has 3 heterocycles. The van der Waals surface area contributed by atoms with Crippen molar-refractivity contribution >= 4 is 40.9 Å². The SMILES string of the molecule is COc1ccc(C2=NN(C(=O)CSc3nnc(CNC(=O)c4ccco4)n3-c3cccc(Cl)c3)[C@H](c3ccc(OC)cc3)C2)cc1. The average Bonchev–Trinajstić information content (AvgIpc) is 3.87. The Labute approximate surface area is 274 Å². The molecule has 2 aromatic heterocycles. The second kappa shape index (κ2) is 13.9. The number of ether oxygens (including phenoxy) is 2. The summed E-state index contributed by atoms with van der Waals surface area (Å²) in [7, 11) is 3.23. The van der Waals surface area contributed by atoms with Crippen molar-refractivity contribution in [2.45, 2.75) is 24.2 Å². The number of furan rings is 1. The van der Waals surface area contributed by atoms with Gasteiger partial charge >= 0.3 is 0 Å². The molecule has 11 nitrogen and oxygen atoms in total. The van der Waals surface area contributed by atoms with Crippen LogP contribution in [0.2, 0.25) is 5.02 Å². The highest BCUT2D eigenvalue weighted by atomic mass is 35.5. The number of thioether (sulfide) groups is 1. The number of carbonyl (C=O) groups excluding carboxylic acids is 2. The maximum atomic E-state index is 13.9. The number of hydrazone groups is 1. The van der Waals surface area contributed by atoms with E-state index in [0.717, 1.165) is 28.3 Å². The number of rotatable bonds is 11. The van der Waals surface area contributed by atoms with E-state index in [1.54, 1.807) is 48.1 Å². The van der Waals surface area contributed by atoms with Crippen molar-refractivity contribution in [1.82, 2.24) is 25.1 Å². The van der Waals surface area contributed by atoms with Crippen LogP contribution < -0.4 is 14.8 Å². The summed E-state index contributed by atoms with van der Waals surface area (Å²) in [6, 6.07) is 25.3. The molecule has 0 saturated heterocycles. The third kappa shape index (κ3) is 6.77. The van der Waals surface area contributed by atoms with E-state index in [1.807, 2.05) is 60.7 Å². The minimum absolute atomic E-state index is 0.0313. The summed E-state index contributed by atoms with van der Waals surface area (Å²) in [5.74, 6) is 1.53. The minimum Gasteiger partial charge on any atom is -0.497 e. The first-order chi connectivity index (χ1) is 22.4. The van der Waals surface area contributed by atoms with Gasteiger partial charge in [0.05, 0.1) is 50.2 Å². The van der Waals surface area contributed by atoms with E-state index < -0.39 is 0 Å². The van der Waals surface area contributed by atoms with Crippen molar-refractivity contribution in [1.29, 1.82) is 0 Å². The van der Waals surface area contributed by atoms with Gasteiger partial charge in [0.1, 0.15) is 11.5 Å². The largest absolute Gasteiger partial charge is 0.497 e. The average molecular weight is 657 g/mol. The van der Waals surface area contributed by atoms with Crippen LogP contribution >= 0.6 is 23.4 Å². The Morgan fingerprint density at radius 2 is 1.72 bits per heavy atom. The molecule has 1 N–H and O–H groups in total. The van der Waals surface area contributed by atoms with Gasteiger partial charge in [-0.15, -0.1) is 10.2 Å². The highest BCUT2D eigenvalue weighted by molar-refractivity contribution is 7.99. The van der Waals surface area contributed by atoms with Crippen LogP contribution in [0.4, 0.5) is 0 Å². The van der Waals surface area contributed by atoms with E-state index in [0.29, 0.717) is 28.1 Å². The predicted molar refractivity (Wildman–Crippen MR) is 174 cm³/mol. The monoisotopic (exact) mass is 656 g/mol. The molecule has 1 aliphatic heterocycles. The van der Waals surface area contributed by atoms with Gasteiger partial charge in [-0.25, -0.2) is 5.01 Å². The van der Waals surface area contributed by atoms with Crippen LogP contribution in [0.5, 0.6) is 11.5 Å². The van der Waals surface area contributed by atoms with Gasteiger partial charge in [0.25, 0.3) is 11.8 Å². The van der Waals surface area contributed by atoms with E-state index in [1.165, 1.54) is 18.0 Å². The molecule has 0 saturated carbocycles. The number of hydrogen-bond donors (Lipinski definition) is 1. The van der Waals surface area contributed by atoms with E-state index in [9.17, 15) is 9.59 Å². The molecule has 0 spiro atoms. The fourth-order valence-electron chi connectivity index (χ4n) is 5.01. The smallest absolute Gasteiger partial charge is 0.287 e. The van der Waals surface area contributed by atoms with Crippen molar-refractivity contribution in [2.75, 3.05) is 20.0 Å². The maximum Gasteiger partial charge on any atom is 0.287 e. The second-order valence-corrected chi connectivity index (χ2v) is 11.5. The minimum atomic E-state index is -0.390. The summed E-state index contributed by atoms with van der Waals surface area (Å²) in [5.41, 5.74) is 3.32. The Bertz CT molecular complexity index is 1860. The van der Waals surface area contributed by atoms with E-state index in [4.69, 9.17) is 30.6 Å². The quantitative estimate of drug-likeness (QED) is 0.174. The molecular weight excluding hydrogens is 628 g/mol. The van der Waals surface area contributed by atoms with E-state index in [-0.39, 0.29) is 35.9 Å². The zero-order chi connectivity index (χ0) is 32.0. The summed E-state index contributed by atoms with van der Waals surface area (Å²) in [6.45, 7) is 0.0642. The van der Waals surface area contributed by atoms with Gasteiger partial charge in [-0.3, -0.25) is 14.2 Å². The molecular formula is C33H29ClN6O5S. The number of aromatic nitrogens is 3. The normalized spacial score (nSPS) is 14.2. The van der Waals surface area contributed by atoms with Crippen LogP contribution in [-0.2, 0) is 11.3 Å². The summed E-state index contributed by atoms with van der Waals surface area (Å²) in [6.07, 6.45) is 1.96. The Balaban J connectivity index is 1.25. The fraction of sp³-hybridized carbons (Fsp3) is 0.182. The number of halogens is 1. The van der Waals surface area contributed by atoms with Gasteiger partial charge in [0.2, 0.25) is 0 Å². The van der Waals surface area contributed by atoms with Gasteiger partial charge in [0.15, 0.2) is 16.7 Å². The highest BCUT2D eigenvalue weighted by Gasteiger charge is 2.33. The topological polar surface area (TPSA) is 124 Å². The summed E-state index contributed by atoms with van der Waals surface area (Å²) in [5, 5.41) is 18.8. The van der Waals surface area contributed by atoms with Gasteiger partial charge in [-0.05, 0) is 77.9 Å². The van der Waals surface area contributed by atoms with Crippen molar-refractivity contribution in [3.63, 3.8) is 0 Å². The maximum absolute atomic E-state index is 13.9. The Kier molecular flexibility index (Phi) is 9.36. The van der Waals surface area contributed by atoms with E-state index >= 15 is 0 Å². The molecule has 5 aromatic rings. The lowest BCUT2D eigenvalue weighted by Gasteiger charge is -2.22. The molecule has 0 unspecified atom stereocenters. The molecule has 234 valence electrons. The fourth-order valence-corrected chi connectivity index (χ4v) is 6.02. The molecule has 1 atom stereocenters. The van der Waals surface area contributed by atoms with Crippen LogP contribution in [0, 0.1) is 0 Å². The van der Waals surface area contributed by atoms with Gasteiger partial charge in [-0.1, -0.05) is 41.6 Å². The summed E-state index contributed by atoms with van der Waals surface area (Å²) in [4.78, 5) is 26.4. The molecule has 0 fully saturated rings. The molecule has 0 aliphatic carbocycles. The molecule has 1 aliphatic rings. The van der Waals surface area contributed by atoms with Gasteiger partial charge in [0, 0.05) is 11.4 Å². The first-order valence-corrected chi connectivity index (χ1v) is 15.6. The zero-order valence-corrected chi connectivity index (χ0v) is 26.5. The Morgan fingerprint density at radius 1 is 0.978 bits per heavy atom. The summed E-state index contributed by atoms with van der Waals surface area (Å²) < 4.78 is 17.6. The van der Waals surface area contributed by atoms with Crippen LogP contribution in [0.15, 0.2) is 106 Å². The lowest BCUT2D eigenvalue weighted by molar-refractivity contribution is -0.130. The Hall–Kier alpha value is -5.07. The molecule has 3 aromatic carbocycles. The predicted octanol–water partition coefficient (Wildman–Crippen LogP) is 5.93.